The molecule has 128 valence electrons. The zero-order valence-electron chi connectivity index (χ0n) is 14.0. The van der Waals surface area contributed by atoms with Gasteiger partial charge in [-0.3, -0.25) is 5.32 Å². The van der Waals surface area contributed by atoms with E-state index in [1.54, 1.807) is 11.3 Å². The van der Waals surface area contributed by atoms with E-state index in [4.69, 9.17) is 0 Å². The number of nitrogens with one attached hydrogen (secondary N) is 1. The fraction of sp³-hybridized carbons (Fsp3) is 0.588. The van der Waals surface area contributed by atoms with Crippen molar-refractivity contribution in [1.29, 1.82) is 0 Å². The van der Waals surface area contributed by atoms with Gasteiger partial charge < -0.3 is 9.47 Å². The number of thiophene rings is 1. The van der Waals surface area contributed by atoms with Crippen molar-refractivity contribution in [2.24, 2.45) is 0 Å². The lowest BCUT2D eigenvalue weighted by molar-refractivity contribution is 0.156. The largest absolute Gasteiger partial charge is 0.323 e. The van der Waals surface area contributed by atoms with Crippen LogP contribution in [0.5, 0.6) is 0 Å². The van der Waals surface area contributed by atoms with Crippen molar-refractivity contribution in [2.75, 3.05) is 11.9 Å². The molecule has 4 rings (SSSR count). The summed E-state index contributed by atoms with van der Waals surface area (Å²) in [6.07, 6.45) is 6.51. The number of aryl methyl sites for hydroxylation is 2. The van der Waals surface area contributed by atoms with Crippen LogP contribution in [0.1, 0.15) is 54.7 Å². The number of carbonyl (C=O) groups is 1. The van der Waals surface area contributed by atoms with Crippen LogP contribution in [-0.2, 0) is 13.0 Å². The molecule has 0 radical (unpaired) electrons. The molecule has 2 amide bonds. The third-order valence-corrected chi connectivity index (χ3v) is 5.84. The number of nitrogens with zero attached hydrogens (tertiary/aromatic N) is 4. The predicted molar refractivity (Wildman–Crippen MR) is 94.3 cm³/mol. The highest BCUT2D eigenvalue weighted by atomic mass is 32.1. The minimum absolute atomic E-state index is 0.0188. The van der Waals surface area contributed by atoms with E-state index in [1.807, 2.05) is 24.0 Å². The monoisotopic (exact) mass is 345 g/mol. The van der Waals surface area contributed by atoms with Crippen LogP contribution >= 0.6 is 11.3 Å². The first-order chi connectivity index (χ1) is 11.7. The molecule has 0 saturated carbocycles. The van der Waals surface area contributed by atoms with E-state index < -0.39 is 0 Å². The van der Waals surface area contributed by atoms with Gasteiger partial charge in [-0.05, 0) is 51.2 Å². The van der Waals surface area contributed by atoms with Gasteiger partial charge >= 0.3 is 6.03 Å². The lowest BCUT2D eigenvalue weighted by atomic mass is 10.0. The summed E-state index contributed by atoms with van der Waals surface area (Å²) in [6.45, 7) is 3.81. The van der Waals surface area contributed by atoms with Crippen LogP contribution in [0.25, 0.3) is 0 Å². The van der Waals surface area contributed by atoms with E-state index >= 15 is 0 Å². The highest BCUT2D eigenvalue weighted by Crippen LogP contribution is 2.32. The summed E-state index contributed by atoms with van der Waals surface area (Å²) >= 11 is 1.61. The number of fused-ring (bicyclic) bond motifs is 1. The molecule has 0 spiro atoms. The molecule has 4 heterocycles. The number of hydrogen-bond acceptors (Lipinski definition) is 4. The molecule has 24 heavy (non-hydrogen) atoms. The second-order valence-electron chi connectivity index (χ2n) is 6.63. The Morgan fingerprint density at radius 3 is 2.92 bits per heavy atom. The molecule has 1 fully saturated rings. The minimum atomic E-state index is -0.0188. The van der Waals surface area contributed by atoms with E-state index in [0.29, 0.717) is 0 Å². The molecule has 1 atom stereocenters. The summed E-state index contributed by atoms with van der Waals surface area (Å²) < 4.78 is 2.25. The zero-order valence-corrected chi connectivity index (χ0v) is 14.8. The van der Waals surface area contributed by atoms with Crippen molar-refractivity contribution in [3.8, 4) is 0 Å². The number of urea groups is 1. The van der Waals surface area contributed by atoms with Crippen LogP contribution in [0.15, 0.2) is 12.1 Å². The first-order valence-corrected chi connectivity index (χ1v) is 9.60. The van der Waals surface area contributed by atoms with Gasteiger partial charge in [0.15, 0.2) is 5.82 Å². The van der Waals surface area contributed by atoms with Crippen molar-refractivity contribution < 1.29 is 4.79 Å². The van der Waals surface area contributed by atoms with Gasteiger partial charge in [-0.15, -0.1) is 21.5 Å². The quantitative estimate of drug-likeness (QED) is 0.902. The third-order valence-electron chi connectivity index (χ3n) is 4.92. The predicted octanol–water partition coefficient (Wildman–Crippen LogP) is 3.74. The van der Waals surface area contributed by atoms with Gasteiger partial charge in [-0.2, -0.15) is 0 Å². The molecule has 6 nitrogen and oxygen atoms in total. The van der Waals surface area contributed by atoms with Crippen LogP contribution in [-0.4, -0.2) is 32.2 Å². The van der Waals surface area contributed by atoms with Crippen molar-refractivity contribution in [2.45, 2.75) is 58.0 Å². The summed E-state index contributed by atoms with van der Waals surface area (Å²) in [4.78, 5) is 16.0. The van der Waals surface area contributed by atoms with Crippen molar-refractivity contribution in [1.82, 2.24) is 19.7 Å². The molecule has 7 heteroatoms. The van der Waals surface area contributed by atoms with Gasteiger partial charge in [0.1, 0.15) is 5.82 Å². The standard InChI is InChI=1S/C17H23N5OS/c1-12-8-9-15(24-12)18-17(23)21-10-4-2-6-13(21)16-20-19-14-7-3-5-11-22(14)16/h8-9,13H,2-7,10-11H2,1H3,(H,18,23)/t13-/m1/s1. The van der Waals surface area contributed by atoms with Gasteiger partial charge in [0, 0.05) is 24.4 Å². The Bertz CT molecular complexity index is 737. The Morgan fingerprint density at radius 1 is 1.21 bits per heavy atom. The second kappa shape index (κ2) is 6.55. The number of amides is 2. The maximum Gasteiger partial charge on any atom is 0.323 e. The summed E-state index contributed by atoms with van der Waals surface area (Å²) in [6, 6.07) is 4.02. The number of likely N-dealkylation sites (tertiary alicyclic amines) is 1. The topological polar surface area (TPSA) is 63.1 Å². The number of rotatable bonds is 2. The molecule has 1 saturated heterocycles. The summed E-state index contributed by atoms with van der Waals surface area (Å²) in [5, 5.41) is 12.8. The van der Waals surface area contributed by atoms with Gasteiger partial charge in [0.05, 0.1) is 11.0 Å². The normalized spacial score (nSPS) is 20.7. The molecule has 2 aliphatic heterocycles. The molecule has 0 unspecified atom stereocenters. The summed E-state index contributed by atoms with van der Waals surface area (Å²) in [5.41, 5.74) is 0. The Balaban J connectivity index is 1.56. The van der Waals surface area contributed by atoms with Gasteiger partial charge in [0.2, 0.25) is 0 Å². The Labute approximate surface area is 145 Å². The SMILES string of the molecule is Cc1ccc(NC(=O)N2CCCC[C@@H]2c2nnc3n2CCCC3)s1. The van der Waals surface area contributed by atoms with Crippen molar-refractivity contribution in [3.05, 3.63) is 28.7 Å². The number of anilines is 1. The molecule has 0 bridgehead atoms. The smallest absolute Gasteiger partial charge is 0.314 e. The average molecular weight is 345 g/mol. The first kappa shape index (κ1) is 15.6. The fourth-order valence-corrected chi connectivity index (χ4v) is 4.46. The molecule has 0 aliphatic carbocycles. The lowest BCUT2D eigenvalue weighted by Crippen LogP contribution is -2.42. The van der Waals surface area contributed by atoms with Gasteiger partial charge in [-0.25, -0.2) is 4.79 Å². The van der Waals surface area contributed by atoms with Crippen molar-refractivity contribution >= 4 is 22.4 Å². The highest BCUT2D eigenvalue weighted by molar-refractivity contribution is 7.16. The van der Waals surface area contributed by atoms with Crippen LogP contribution < -0.4 is 5.32 Å². The Kier molecular flexibility index (Phi) is 4.26. The number of piperidine rings is 1. The van der Waals surface area contributed by atoms with Crippen molar-refractivity contribution in [3.63, 3.8) is 0 Å². The minimum Gasteiger partial charge on any atom is -0.314 e. The van der Waals surface area contributed by atoms with Crippen LogP contribution in [0.3, 0.4) is 0 Å². The highest BCUT2D eigenvalue weighted by Gasteiger charge is 2.33. The Morgan fingerprint density at radius 2 is 2.08 bits per heavy atom. The third kappa shape index (κ3) is 2.92. The summed E-state index contributed by atoms with van der Waals surface area (Å²) in [7, 11) is 0. The molecule has 0 aromatic carbocycles. The van der Waals surface area contributed by atoms with Crippen LogP contribution in [0.4, 0.5) is 9.80 Å². The van der Waals surface area contributed by atoms with E-state index in [2.05, 4.69) is 20.1 Å². The van der Waals surface area contributed by atoms with Gasteiger partial charge in [0.25, 0.3) is 0 Å². The van der Waals surface area contributed by atoms with E-state index in [0.717, 1.165) is 55.4 Å². The molecule has 1 N–H and O–H groups in total. The zero-order chi connectivity index (χ0) is 16.5. The number of carbonyl (C=O) groups excluding carboxylic acids is 1. The Hall–Kier alpha value is -1.89. The maximum atomic E-state index is 12.8. The molecule has 2 aromatic rings. The molecule has 2 aliphatic rings. The van der Waals surface area contributed by atoms with E-state index in [-0.39, 0.29) is 12.1 Å². The number of hydrogen-bond donors (Lipinski definition) is 1. The molecule has 2 aromatic heterocycles. The van der Waals surface area contributed by atoms with Gasteiger partial charge in [-0.1, -0.05) is 0 Å². The lowest BCUT2D eigenvalue weighted by Gasteiger charge is -2.35. The average Bonchev–Trinajstić information content (AvgIpc) is 3.21. The van der Waals surface area contributed by atoms with E-state index in [1.165, 1.54) is 17.7 Å². The summed E-state index contributed by atoms with van der Waals surface area (Å²) in [5.74, 6) is 2.05. The molecular formula is C17H23N5OS. The fourth-order valence-electron chi connectivity index (χ4n) is 3.70. The van der Waals surface area contributed by atoms with Crippen LogP contribution in [0, 0.1) is 6.92 Å². The first-order valence-electron chi connectivity index (χ1n) is 8.78. The molecular weight excluding hydrogens is 322 g/mol. The van der Waals surface area contributed by atoms with E-state index in [9.17, 15) is 4.79 Å². The second-order valence-corrected chi connectivity index (χ2v) is 7.92. The number of aromatic nitrogens is 3. The van der Waals surface area contributed by atoms with Crippen LogP contribution in [0.2, 0.25) is 0 Å². The maximum absolute atomic E-state index is 12.8.